The van der Waals surface area contributed by atoms with Gasteiger partial charge in [0.15, 0.2) is 5.69 Å². The van der Waals surface area contributed by atoms with E-state index in [1.54, 1.807) is 12.4 Å². The van der Waals surface area contributed by atoms with Gasteiger partial charge in [-0.05, 0) is 32.6 Å². The zero-order valence-corrected chi connectivity index (χ0v) is 12.0. The normalized spacial score (nSPS) is 19.1. The quantitative estimate of drug-likeness (QED) is 0.814. The molecule has 1 aromatic heterocycles. The number of carbonyl (C=O) groups is 1. The van der Waals surface area contributed by atoms with Crippen molar-refractivity contribution in [1.29, 1.82) is 0 Å². The largest absolute Gasteiger partial charge is 0.461 e. The Morgan fingerprint density at radius 2 is 2.53 bits per heavy atom. The van der Waals surface area contributed by atoms with E-state index < -0.39 is 0 Å². The molecule has 1 N–H and O–H groups in total. The van der Waals surface area contributed by atoms with Crippen LogP contribution in [0.3, 0.4) is 0 Å². The lowest BCUT2D eigenvalue weighted by Gasteiger charge is -2.22. The summed E-state index contributed by atoms with van der Waals surface area (Å²) in [7, 11) is 0. The number of hydrogen-bond acceptors (Lipinski definition) is 6. The third kappa shape index (κ3) is 4.18. The van der Waals surface area contributed by atoms with Crippen molar-refractivity contribution in [2.75, 3.05) is 25.1 Å². The van der Waals surface area contributed by atoms with E-state index in [-0.39, 0.29) is 5.97 Å². The maximum atomic E-state index is 11.6. The number of thiazole rings is 1. The topological polar surface area (TPSA) is 60.5 Å². The molecule has 0 spiro atoms. The Labute approximate surface area is 117 Å². The fraction of sp³-hybridized carbons (Fsp3) is 0.692. The molecule has 106 valence electrons. The van der Waals surface area contributed by atoms with Crippen LogP contribution in [0.4, 0.5) is 5.00 Å². The molecule has 1 aromatic rings. The van der Waals surface area contributed by atoms with Crippen molar-refractivity contribution in [1.82, 2.24) is 4.98 Å². The Morgan fingerprint density at radius 3 is 3.26 bits per heavy atom. The number of ether oxygens (including phenoxy) is 2. The van der Waals surface area contributed by atoms with Gasteiger partial charge in [-0.25, -0.2) is 9.78 Å². The fourth-order valence-corrected chi connectivity index (χ4v) is 2.79. The van der Waals surface area contributed by atoms with Gasteiger partial charge >= 0.3 is 5.97 Å². The van der Waals surface area contributed by atoms with Gasteiger partial charge in [0, 0.05) is 13.2 Å². The summed E-state index contributed by atoms with van der Waals surface area (Å²) in [4.78, 5) is 15.7. The summed E-state index contributed by atoms with van der Waals surface area (Å²) >= 11 is 1.43. The number of nitrogens with zero attached hydrogens (tertiary/aromatic N) is 1. The number of aromatic nitrogens is 1. The molecule has 0 bridgehead atoms. The SMILES string of the molecule is CCOC(=O)c1ncsc1NCCC1CCCCO1. The third-order valence-electron chi connectivity index (χ3n) is 3.06. The van der Waals surface area contributed by atoms with Crippen molar-refractivity contribution in [3.63, 3.8) is 0 Å². The van der Waals surface area contributed by atoms with E-state index in [0.717, 1.165) is 31.0 Å². The minimum absolute atomic E-state index is 0.347. The van der Waals surface area contributed by atoms with Gasteiger partial charge in [-0.3, -0.25) is 0 Å². The molecule has 0 aliphatic carbocycles. The number of anilines is 1. The van der Waals surface area contributed by atoms with E-state index >= 15 is 0 Å². The molecule has 1 saturated heterocycles. The lowest BCUT2D eigenvalue weighted by molar-refractivity contribution is 0.0134. The number of hydrogen-bond donors (Lipinski definition) is 1. The van der Waals surface area contributed by atoms with Crippen molar-refractivity contribution in [3.8, 4) is 0 Å². The van der Waals surface area contributed by atoms with Crippen molar-refractivity contribution in [2.45, 2.75) is 38.7 Å². The summed E-state index contributed by atoms with van der Waals surface area (Å²) in [6.07, 6.45) is 4.86. The summed E-state index contributed by atoms with van der Waals surface area (Å²) in [5.74, 6) is -0.361. The molecule has 0 aromatic carbocycles. The van der Waals surface area contributed by atoms with Crippen LogP contribution in [-0.2, 0) is 9.47 Å². The van der Waals surface area contributed by atoms with Crippen molar-refractivity contribution in [2.24, 2.45) is 0 Å². The molecule has 2 rings (SSSR count). The highest BCUT2D eigenvalue weighted by molar-refractivity contribution is 7.14. The van der Waals surface area contributed by atoms with E-state index in [1.807, 2.05) is 0 Å². The Bertz CT molecular complexity index is 402. The molecule has 1 fully saturated rings. The van der Waals surface area contributed by atoms with E-state index in [1.165, 1.54) is 24.2 Å². The molecule has 0 radical (unpaired) electrons. The Hall–Kier alpha value is -1.14. The fourth-order valence-electron chi connectivity index (χ4n) is 2.10. The predicted octanol–water partition coefficient (Wildman–Crippen LogP) is 2.69. The number of rotatable bonds is 6. The average molecular weight is 284 g/mol. The van der Waals surface area contributed by atoms with Gasteiger partial charge in [0.2, 0.25) is 0 Å². The molecule has 6 heteroatoms. The minimum atomic E-state index is -0.361. The van der Waals surface area contributed by atoms with E-state index in [2.05, 4.69) is 10.3 Å². The van der Waals surface area contributed by atoms with Gasteiger partial charge in [0.05, 0.1) is 18.2 Å². The Balaban J connectivity index is 1.79. The molecule has 2 heterocycles. The lowest BCUT2D eigenvalue weighted by Crippen LogP contribution is -2.22. The zero-order valence-electron chi connectivity index (χ0n) is 11.2. The first-order valence-corrected chi connectivity index (χ1v) is 7.65. The second-order valence-corrected chi connectivity index (χ2v) is 5.31. The van der Waals surface area contributed by atoms with E-state index in [4.69, 9.17) is 9.47 Å². The first-order chi connectivity index (χ1) is 9.31. The highest BCUT2D eigenvalue weighted by atomic mass is 32.1. The van der Waals surface area contributed by atoms with Crippen molar-refractivity contribution in [3.05, 3.63) is 11.2 Å². The molecule has 0 amide bonds. The van der Waals surface area contributed by atoms with Gasteiger partial charge in [-0.1, -0.05) is 0 Å². The average Bonchev–Trinajstić information content (AvgIpc) is 2.89. The summed E-state index contributed by atoms with van der Waals surface area (Å²) in [6, 6.07) is 0. The maximum absolute atomic E-state index is 11.6. The number of carbonyl (C=O) groups excluding carboxylic acids is 1. The first-order valence-electron chi connectivity index (χ1n) is 6.77. The van der Waals surface area contributed by atoms with E-state index in [9.17, 15) is 4.79 Å². The van der Waals surface area contributed by atoms with Crippen LogP contribution in [0.5, 0.6) is 0 Å². The van der Waals surface area contributed by atoms with Gasteiger partial charge in [-0.15, -0.1) is 11.3 Å². The highest BCUT2D eigenvalue weighted by Gasteiger charge is 2.17. The Morgan fingerprint density at radius 1 is 1.63 bits per heavy atom. The molecule has 1 atom stereocenters. The lowest BCUT2D eigenvalue weighted by atomic mass is 10.1. The van der Waals surface area contributed by atoms with Gasteiger partial charge in [0.1, 0.15) is 5.00 Å². The molecule has 5 nitrogen and oxygen atoms in total. The van der Waals surface area contributed by atoms with Crippen LogP contribution in [0.2, 0.25) is 0 Å². The molecule has 1 aliphatic heterocycles. The zero-order chi connectivity index (χ0) is 13.5. The first kappa shape index (κ1) is 14.3. The molecular formula is C13H20N2O3S. The van der Waals surface area contributed by atoms with Gasteiger partial charge in [0.25, 0.3) is 0 Å². The summed E-state index contributed by atoms with van der Waals surface area (Å²) in [6.45, 7) is 3.82. The van der Waals surface area contributed by atoms with Gasteiger partial charge < -0.3 is 14.8 Å². The maximum Gasteiger partial charge on any atom is 0.360 e. The molecule has 1 aliphatic rings. The summed E-state index contributed by atoms with van der Waals surface area (Å²) in [5, 5.41) is 4.04. The van der Waals surface area contributed by atoms with Crippen LogP contribution < -0.4 is 5.32 Å². The second-order valence-electron chi connectivity index (χ2n) is 4.45. The van der Waals surface area contributed by atoms with Crippen LogP contribution in [0.1, 0.15) is 43.1 Å². The minimum Gasteiger partial charge on any atom is -0.461 e. The van der Waals surface area contributed by atoms with Crippen LogP contribution in [0.15, 0.2) is 5.51 Å². The van der Waals surface area contributed by atoms with E-state index in [0.29, 0.717) is 18.4 Å². The number of esters is 1. The van der Waals surface area contributed by atoms with Gasteiger partial charge in [-0.2, -0.15) is 0 Å². The van der Waals surface area contributed by atoms with Crippen LogP contribution >= 0.6 is 11.3 Å². The Kier molecular flexibility index (Phi) is 5.60. The second kappa shape index (κ2) is 7.45. The predicted molar refractivity (Wildman–Crippen MR) is 74.8 cm³/mol. The molecule has 0 saturated carbocycles. The molecule has 1 unspecified atom stereocenters. The smallest absolute Gasteiger partial charge is 0.360 e. The molecule has 19 heavy (non-hydrogen) atoms. The molecular weight excluding hydrogens is 264 g/mol. The third-order valence-corrected chi connectivity index (χ3v) is 3.85. The number of nitrogens with one attached hydrogen (secondary N) is 1. The highest BCUT2D eigenvalue weighted by Crippen LogP contribution is 2.22. The van der Waals surface area contributed by atoms with Crippen LogP contribution in [0, 0.1) is 0 Å². The van der Waals surface area contributed by atoms with Crippen LogP contribution in [-0.4, -0.2) is 36.8 Å². The van der Waals surface area contributed by atoms with Crippen LogP contribution in [0.25, 0.3) is 0 Å². The van der Waals surface area contributed by atoms with Crippen molar-refractivity contribution >= 4 is 22.3 Å². The monoisotopic (exact) mass is 284 g/mol. The summed E-state index contributed by atoms with van der Waals surface area (Å²) in [5.41, 5.74) is 2.04. The van der Waals surface area contributed by atoms with Crippen molar-refractivity contribution < 1.29 is 14.3 Å². The summed E-state index contributed by atoms with van der Waals surface area (Å²) < 4.78 is 10.6. The standard InChI is InChI=1S/C13H20N2O3S/c1-2-17-13(16)11-12(19-9-15-11)14-7-6-10-5-3-4-8-18-10/h9-10,14H,2-8H2,1H3.